The number of ether oxygens (including phenoxy) is 1. The zero-order valence-corrected chi connectivity index (χ0v) is 24.6. The molecule has 0 saturated heterocycles. The predicted octanol–water partition coefficient (Wildman–Crippen LogP) is 10.1. The number of hydrogen-bond donors (Lipinski definition) is 0. The number of aryl methyl sites for hydroxylation is 1. The van der Waals surface area contributed by atoms with Gasteiger partial charge in [-0.05, 0) is 41.9 Å². The van der Waals surface area contributed by atoms with Gasteiger partial charge in [-0.25, -0.2) is 9.97 Å². The summed E-state index contributed by atoms with van der Waals surface area (Å²) in [5.41, 5.74) is 4.75. The smallest absolute Gasteiger partial charge is 0.311 e. The average Bonchev–Trinajstić information content (AvgIpc) is 3.51. The van der Waals surface area contributed by atoms with Crippen LogP contribution in [0.2, 0.25) is 0 Å². The van der Waals surface area contributed by atoms with Crippen molar-refractivity contribution in [1.82, 2.24) is 9.97 Å². The first kappa shape index (κ1) is 30.0. The van der Waals surface area contributed by atoms with Gasteiger partial charge in [-0.15, -0.1) is 0 Å². The SMILES string of the molecule is CCCCCCCc1ccc(-c2ccc(-c3ncc(OC(=O)CCCCCCCC4CCCC4)cn3)cc2)cc1. The molecule has 1 heterocycles. The summed E-state index contributed by atoms with van der Waals surface area (Å²) in [4.78, 5) is 21.1. The number of hydrogen-bond acceptors (Lipinski definition) is 4. The molecule has 40 heavy (non-hydrogen) atoms. The number of rotatable bonds is 17. The molecule has 4 heteroatoms. The zero-order valence-electron chi connectivity index (χ0n) is 24.6. The Labute approximate surface area is 242 Å². The highest BCUT2D eigenvalue weighted by atomic mass is 16.5. The predicted molar refractivity (Wildman–Crippen MR) is 165 cm³/mol. The molecule has 1 aromatic heterocycles. The zero-order chi connectivity index (χ0) is 27.8. The van der Waals surface area contributed by atoms with Gasteiger partial charge >= 0.3 is 5.97 Å². The van der Waals surface area contributed by atoms with Gasteiger partial charge in [-0.2, -0.15) is 0 Å². The molecule has 0 aliphatic heterocycles. The minimum absolute atomic E-state index is 0.200. The maximum atomic E-state index is 12.2. The monoisotopic (exact) mass is 540 g/mol. The van der Waals surface area contributed by atoms with Crippen molar-refractivity contribution in [2.75, 3.05) is 0 Å². The first-order valence-corrected chi connectivity index (χ1v) is 15.9. The van der Waals surface area contributed by atoms with Gasteiger partial charge in [0.05, 0.1) is 12.4 Å². The van der Waals surface area contributed by atoms with E-state index in [4.69, 9.17) is 4.74 Å². The minimum atomic E-state index is -0.200. The molecule has 4 rings (SSSR count). The van der Waals surface area contributed by atoms with Crippen LogP contribution >= 0.6 is 0 Å². The van der Waals surface area contributed by atoms with E-state index in [1.807, 2.05) is 12.1 Å². The van der Waals surface area contributed by atoms with Crippen LogP contribution in [0, 0.1) is 5.92 Å². The molecule has 4 nitrogen and oxygen atoms in total. The summed E-state index contributed by atoms with van der Waals surface area (Å²) >= 11 is 0. The third-order valence-electron chi connectivity index (χ3n) is 8.33. The van der Waals surface area contributed by atoms with Crippen molar-refractivity contribution in [2.24, 2.45) is 5.92 Å². The number of aromatic nitrogens is 2. The first-order valence-electron chi connectivity index (χ1n) is 15.9. The van der Waals surface area contributed by atoms with E-state index in [1.54, 1.807) is 12.4 Å². The Balaban J connectivity index is 1.15. The summed E-state index contributed by atoms with van der Waals surface area (Å²) in [6, 6.07) is 17.3. The Kier molecular flexibility index (Phi) is 12.7. The summed E-state index contributed by atoms with van der Waals surface area (Å²) in [7, 11) is 0. The number of benzene rings is 2. The van der Waals surface area contributed by atoms with Crippen molar-refractivity contribution in [3.63, 3.8) is 0 Å². The molecule has 0 N–H and O–H groups in total. The summed E-state index contributed by atoms with van der Waals surface area (Å²) in [6.45, 7) is 2.26. The molecule has 1 aliphatic rings. The van der Waals surface area contributed by atoms with E-state index in [-0.39, 0.29) is 5.97 Å². The minimum Gasteiger partial charge on any atom is -0.423 e. The van der Waals surface area contributed by atoms with Gasteiger partial charge in [0.15, 0.2) is 11.6 Å². The van der Waals surface area contributed by atoms with Gasteiger partial charge in [0.2, 0.25) is 0 Å². The van der Waals surface area contributed by atoms with Crippen LogP contribution in [0.4, 0.5) is 0 Å². The van der Waals surface area contributed by atoms with E-state index in [0.29, 0.717) is 18.0 Å². The van der Waals surface area contributed by atoms with Crippen LogP contribution in [0.15, 0.2) is 60.9 Å². The number of carbonyl (C=O) groups is 1. The highest BCUT2D eigenvalue weighted by Gasteiger charge is 2.14. The van der Waals surface area contributed by atoms with Crippen LogP contribution in [-0.2, 0) is 11.2 Å². The lowest BCUT2D eigenvalue weighted by Gasteiger charge is -2.08. The molecule has 0 spiro atoms. The van der Waals surface area contributed by atoms with Gasteiger partial charge in [0.1, 0.15) is 0 Å². The fourth-order valence-corrected chi connectivity index (χ4v) is 5.84. The summed E-state index contributed by atoms with van der Waals surface area (Å²) < 4.78 is 5.46. The van der Waals surface area contributed by atoms with E-state index in [2.05, 4.69) is 53.3 Å². The van der Waals surface area contributed by atoms with E-state index < -0.39 is 0 Å². The maximum Gasteiger partial charge on any atom is 0.311 e. The fourth-order valence-electron chi connectivity index (χ4n) is 5.84. The van der Waals surface area contributed by atoms with Crippen LogP contribution in [0.25, 0.3) is 22.5 Å². The second kappa shape index (κ2) is 16.9. The average molecular weight is 541 g/mol. The molecule has 0 bridgehead atoms. The maximum absolute atomic E-state index is 12.2. The molecule has 3 aromatic rings. The summed E-state index contributed by atoms with van der Waals surface area (Å²) in [5, 5.41) is 0. The van der Waals surface area contributed by atoms with E-state index >= 15 is 0 Å². The summed E-state index contributed by atoms with van der Waals surface area (Å²) in [6.07, 6.45) is 24.3. The van der Waals surface area contributed by atoms with Gasteiger partial charge in [0, 0.05) is 12.0 Å². The molecule has 0 amide bonds. The van der Waals surface area contributed by atoms with Crippen LogP contribution in [0.1, 0.15) is 115 Å². The number of carbonyl (C=O) groups excluding carboxylic acids is 1. The van der Waals surface area contributed by atoms with Crippen LogP contribution < -0.4 is 4.74 Å². The Bertz CT molecular complexity index is 1120. The molecule has 0 atom stereocenters. The van der Waals surface area contributed by atoms with Crippen LogP contribution in [-0.4, -0.2) is 15.9 Å². The Morgan fingerprint density at radius 2 is 1.30 bits per heavy atom. The van der Waals surface area contributed by atoms with Gasteiger partial charge in [0.25, 0.3) is 0 Å². The largest absolute Gasteiger partial charge is 0.423 e. The van der Waals surface area contributed by atoms with Crippen molar-refractivity contribution in [1.29, 1.82) is 0 Å². The van der Waals surface area contributed by atoms with E-state index in [1.165, 1.54) is 100 Å². The standard InChI is InChI=1S/C36H48N2O2/c1-2-3-4-6-9-15-30-19-21-31(22-20-30)32-23-25-33(26-24-32)36-37-27-34(28-38-36)40-35(39)18-11-8-5-7-10-14-29-16-12-13-17-29/h19-29H,2-18H2,1H3. The summed E-state index contributed by atoms with van der Waals surface area (Å²) in [5.74, 6) is 1.82. The third kappa shape index (κ3) is 10.2. The normalized spacial score (nSPS) is 13.5. The molecule has 1 saturated carbocycles. The second-order valence-corrected chi connectivity index (χ2v) is 11.6. The molecular formula is C36H48N2O2. The van der Waals surface area contributed by atoms with E-state index in [0.717, 1.165) is 30.7 Å². The fraction of sp³-hybridized carbons (Fsp3) is 0.528. The molecule has 1 fully saturated rings. The van der Waals surface area contributed by atoms with Gasteiger partial charge in [-0.3, -0.25) is 4.79 Å². The van der Waals surface area contributed by atoms with Crippen LogP contribution in [0.3, 0.4) is 0 Å². The lowest BCUT2D eigenvalue weighted by molar-refractivity contribution is -0.134. The molecule has 2 aromatic carbocycles. The third-order valence-corrected chi connectivity index (χ3v) is 8.33. The lowest BCUT2D eigenvalue weighted by Crippen LogP contribution is -2.08. The Hall–Kier alpha value is -3.01. The highest BCUT2D eigenvalue weighted by Crippen LogP contribution is 2.29. The lowest BCUT2D eigenvalue weighted by atomic mass is 9.99. The Morgan fingerprint density at radius 1 is 0.725 bits per heavy atom. The van der Waals surface area contributed by atoms with Crippen molar-refractivity contribution in [3.8, 4) is 28.3 Å². The van der Waals surface area contributed by atoms with E-state index in [9.17, 15) is 4.79 Å². The van der Waals surface area contributed by atoms with Gasteiger partial charge < -0.3 is 4.74 Å². The molecule has 1 aliphatic carbocycles. The Morgan fingerprint density at radius 3 is 2.00 bits per heavy atom. The number of unbranched alkanes of at least 4 members (excludes halogenated alkanes) is 8. The molecule has 0 radical (unpaired) electrons. The highest BCUT2D eigenvalue weighted by molar-refractivity contribution is 5.72. The first-order chi connectivity index (χ1) is 19.7. The second-order valence-electron chi connectivity index (χ2n) is 11.6. The number of esters is 1. The van der Waals surface area contributed by atoms with Crippen molar-refractivity contribution < 1.29 is 9.53 Å². The van der Waals surface area contributed by atoms with Crippen molar-refractivity contribution in [3.05, 3.63) is 66.5 Å². The molecular weight excluding hydrogens is 492 g/mol. The number of nitrogens with zero attached hydrogens (tertiary/aromatic N) is 2. The quantitative estimate of drug-likeness (QED) is 0.126. The van der Waals surface area contributed by atoms with Crippen molar-refractivity contribution >= 4 is 5.97 Å². The van der Waals surface area contributed by atoms with Crippen molar-refractivity contribution in [2.45, 2.75) is 116 Å². The molecule has 214 valence electrons. The van der Waals surface area contributed by atoms with Gasteiger partial charge in [-0.1, -0.05) is 139 Å². The van der Waals surface area contributed by atoms with Crippen LogP contribution in [0.5, 0.6) is 5.75 Å². The topological polar surface area (TPSA) is 52.1 Å². The molecule has 0 unspecified atom stereocenters.